The molecule has 23 heavy (non-hydrogen) atoms. The van der Waals surface area contributed by atoms with Crippen molar-refractivity contribution in [3.8, 4) is 0 Å². The van der Waals surface area contributed by atoms with Crippen LogP contribution in [0.4, 0.5) is 0 Å². The molecule has 0 radical (unpaired) electrons. The summed E-state index contributed by atoms with van der Waals surface area (Å²) in [4.78, 5) is 14.5. The number of hydrogen-bond acceptors (Lipinski definition) is 6. The van der Waals surface area contributed by atoms with Crippen molar-refractivity contribution in [1.29, 1.82) is 0 Å². The number of tetrazole rings is 1. The summed E-state index contributed by atoms with van der Waals surface area (Å²) in [6, 6.07) is 8.54. The molecule has 0 bridgehead atoms. The number of aromatic nitrogens is 4. The summed E-state index contributed by atoms with van der Waals surface area (Å²) in [6.45, 7) is 2.13. The summed E-state index contributed by atoms with van der Waals surface area (Å²) in [5.41, 5.74) is 0.765. The van der Waals surface area contributed by atoms with Crippen molar-refractivity contribution in [2.24, 2.45) is 0 Å². The zero-order valence-corrected chi connectivity index (χ0v) is 13.5. The summed E-state index contributed by atoms with van der Waals surface area (Å²) in [5, 5.41) is 11.4. The highest BCUT2D eigenvalue weighted by Crippen LogP contribution is 2.22. The molecule has 2 heterocycles. The molecule has 8 nitrogen and oxygen atoms in total. The molecule has 1 amide bonds. The number of amides is 1. The van der Waals surface area contributed by atoms with Crippen LogP contribution in [-0.2, 0) is 14.6 Å². The Morgan fingerprint density at radius 1 is 1.17 bits per heavy atom. The first kappa shape index (κ1) is 15.6. The molecular formula is C14H17N5O3S. The fraction of sp³-hybridized carbons (Fsp3) is 0.429. The molecule has 1 fully saturated rings. The van der Waals surface area contributed by atoms with E-state index in [4.69, 9.17) is 0 Å². The first-order valence-corrected chi connectivity index (χ1v) is 9.09. The maximum Gasteiger partial charge on any atom is 0.252 e. The molecule has 0 spiro atoms. The Morgan fingerprint density at radius 2 is 1.83 bits per heavy atom. The van der Waals surface area contributed by atoms with Gasteiger partial charge in [-0.2, -0.15) is 0 Å². The standard InChI is InChI=1S/C14H17N5O3S/c1-11-15-16-17-19(11)13(12-5-3-2-4-6-12)14(20)18-7-9-23(21,22)10-8-18/h2-6,13H,7-10H2,1H3. The number of hydrogen-bond donors (Lipinski definition) is 0. The normalized spacial score (nSPS) is 18.6. The lowest BCUT2D eigenvalue weighted by molar-refractivity contribution is -0.133. The van der Waals surface area contributed by atoms with E-state index < -0.39 is 15.9 Å². The summed E-state index contributed by atoms with van der Waals surface area (Å²) in [7, 11) is -3.04. The van der Waals surface area contributed by atoms with E-state index in [1.807, 2.05) is 30.3 Å². The highest BCUT2D eigenvalue weighted by Gasteiger charge is 2.33. The van der Waals surface area contributed by atoms with Crippen LogP contribution < -0.4 is 0 Å². The minimum absolute atomic E-state index is 0.00512. The van der Waals surface area contributed by atoms with E-state index in [9.17, 15) is 13.2 Å². The maximum atomic E-state index is 13.0. The van der Waals surface area contributed by atoms with E-state index >= 15 is 0 Å². The molecule has 3 rings (SSSR count). The Kier molecular flexibility index (Phi) is 4.12. The molecule has 0 N–H and O–H groups in total. The van der Waals surface area contributed by atoms with E-state index in [1.165, 1.54) is 4.68 Å². The first-order chi connectivity index (χ1) is 11.0. The fourth-order valence-corrected chi connectivity index (χ4v) is 3.81. The third kappa shape index (κ3) is 3.24. The monoisotopic (exact) mass is 335 g/mol. The Hall–Kier alpha value is -2.29. The van der Waals surface area contributed by atoms with Gasteiger partial charge < -0.3 is 4.90 Å². The van der Waals surface area contributed by atoms with Gasteiger partial charge in [0, 0.05) is 13.1 Å². The van der Waals surface area contributed by atoms with Crippen LogP contribution in [-0.4, -0.2) is 64.0 Å². The van der Waals surface area contributed by atoms with E-state index in [0.29, 0.717) is 5.82 Å². The predicted octanol–water partition coefficient (Wildman–Crippen LogP) is -0.172. The molecule has 9 heteroatoms. The van der Waals surface area contributed by atoms with Crippen molar-refractivity contribution in [3.05, 3.63) is 41.7 Å². The minimum atomic E-state index is -3.04. The van der Waals surface area contributed by atoms with Gasteiger partial charge >= 0.3 is 0 Å². The smallest absolute Gasteiger partial charge is 0.252 e. The van der Waals surface area contributed by atoms with Crippen LogP contribution in [0.3, 0.4) is 0 Å². The van der Waals surface area contributed by atoms with Gasteiger partial charge in [0.2, 0.25) is 0 Å². The second-order valence-electron chi connectivity index (χ2n) is 5.46. The summed E-state index contributed by atoms with van der Waals surface area (Å²) >= 11 is 0. The molecule has 1 saturated heterocycles. The van der Waals surface area contributed by atoms with Gasteiger partial charge in [0.05, 0.1) is 11.5 Å². The lowest BCUT2D eigenvalue weighted by Gasteiger charge is -2.30. The molecule has 0 saturated carbocycles. The van der Waals surface area contributed by atoms with Crippen LogP contribution in [0.15, 0.2) is 30.3 Å². The van der Waals surface area contributed by atoms with E-state index in [1.54, 1.807) is 11.8 Å². The van der Waals surface area contributed by atoms with Gasteiger partial charge in [0.15, 0.2) is 15.9 Å². The first-order valence-electron chi connectivity index (χ1n) is 7.26. The molecule has 0 aliphatic carbocycles. The number of aryl methyl sites for hydroxylation is 1. The average molecular weight is 335 g/mol. The van der Waals surface area contributed by atoms with Crippen molar-refractivity contribution in [2.75, 3.05) is 24.6 Å². The summed E-state index contributed by atoms with van der Waals surface area (Å²) in [5.74, 6) is 0.322. The van der Waals surface area contributed by atoms with Crippen LogP contribution in [0.2, 0.25) is 0 Å². The molecule has 1 aliphatic heterocycles. The van der Waals surface area contributed by atoms with Crippen molar-refractivity contribution in [1.82, 2.24) is 25.1 Å². The van der Waals surface area contributed by atoms with Gasteiger partial charge in [-0.15, -0.1) is 5.10 Å². The molecule has 1 unspecified atom stereocenters. The van der Waals surface area contributed by atoms with E-state index in [2.05, 4.69) is 15.5 Å². The summed E-state index contributed by atoms with van der Waals surface area (Å²) in [6.07, 6.45) is 0. The minimum Gasteiger partial charge on any atom is -0.338 e. The second kappa shape index (κ2) is 6.07. The highest BCUT2D eigenvalue weighted by atomic mass is 32.2. The Labute approximate surface area is 134 Å². The Bertz CT molecular complexity index is 789. The van der Waals surface area contributed by atoms with Gasteiger partial charge in [-0.1, -0.05) is 30.3 Å². The molecule has 2 aromatic rings. The van der Waals surface area contributed by atoms with Gasteiger partial charge in [-0.25, -0.2) is 13.1 Å². The quantitative estimate of drug-likeness (QED) is 0.772. The largest absolute Gasteiger partial charge is 0.338 e. The molecule has 122 valence electrons. The van der Waals surface area contributed by atoms with Crippen LogP contribution in [0.25, 0.3) is 0 Å². The summed E-state index contributed by atoms with van der Waals surface area (Å²) < 4.78 is 24.6. The molecule has 1 aromatic heterocycles. The Morgan fingerprint density at radius 3 is 2.39 bits per heavy atom. The van der Waals surface area contributed by atoms with Crippen LogP contribution >= 0.6 is 0 Å². The fourth-order valence-electron chi connectivity index (χ4n) is 2.61. The third-order valence-corrected chi connectivity index (χ3v) is 5.52. The van der Waals surface area contributed by atoms with Gasteiger partial charge in [0.25, 0.3) is 5.91 Å². The molecule has 1 aromatic carbocycles. The number of carbonyl (C=O) groups is 1. The maximum absolute atomic E-state index is 13.0. The second-order valence-corrected chi connectivity index (χ2v) is 7.76. The Balaban J connectivity index is 1.93. The third-order valence-electron chi connectivity index (χ3n) is 3.91. The average Bonchev–Trinajstić information content (AvgIpc) is 2.94. The number of rotatable bonds is 3. The van der Waals surface area contributed by atoms with Gasteiger partial charge in [-0.3, -0.25) is 4.79 Å². The zero-order chi connectivity index (χ0) is 16.4. The molecule has 1 aliphatic rings. The van der Waals surface area contributed by atoms with Crippen LogP contribution in [0.1, 0.15) is 17.4 Å². The van der Waals surface area contributed by atoms with E-state index in [-0.39, 0.29) is 30.5 Å². The lowest BCUT2D eigenvalue weighted by atomic mass is 10.1. The van der Waals surface area contributed by atoms with Gasteiger partial charge in [-0.05, 0) is 22.9 Å². The SMILES string of the molecule is Cc1nnnn1C(C(=O)N1CCS(=O)(=O)CC1)c1ccccc1. The van der Waals surface area contributed by atoms with Crippen molar-refractivity contribution in [3.63, 3.8) is 0 Å². The zero-order valence-electron chi connectivity index (χ0n) is 12.7. The van der Waals surface area contributed by atoms with Crippen molar-refractivity contribution < 1.29 is 13.2 Å². The van der Waals surface area contributed by atoms with Crippen LogP contribution in [0.5, 0.6) is 0 Å². The number of sulfone groups is 1. The number of carbonyl (C=O) groups excluding carboxylic acids is 1. The molecular weight excluding hydrogens is 318 g/mol. The molecule has 1 atom stereocenters. The number of nitrogens with zero attached hydrogens (tertiary/aromatic N) is 5. The highest BCUT2D eigenvalue weighted by molar-refractivity contribution is 7.91. The van der Waals surface area contributed by atoms with Crippen LogP contribution in [0, 0.1) is 6.92 Å². The topological polar surface area (TPSA) is 98.1 Å². The van der Waals surface area contributed by atoms with Crippen molar-refractivity contribution in [2.45, 2.75) is 13.0 Å². The predicted molar refractivity (Wildman–Crippen MR) is 82.4 cm³/mol. The lowest BCUT2D eigenvalue weighted by Crippen LogP contribution is -2.47. The van der Waals surface area contributed by atoms with Crippen molar-refractivity contribution >= 4 is 15.7 Å². The van der Waals surface area contributed by atoms with Gasteiger partial charge in [0.1, 0.15) is 5.82 Å². The van der Waals surface area contributed by atoms with E-state index in [0.717, 1.165) is 5.56 Å². The number of benzene rings is 1.